The summed E-state index contributed by atoms with van der Waals surface area (Å²) in [4.78, 5) is 10.4. The standard InChI is InChI=1S/C12H15BrN2O2S/c13-10-4-9(5-12(6-10)15(16)17)7-14-11-2-1-3-18-8-11/h4-6,11,14H,1-3,7-8H2. The molecule has 1 aromatic rings. The minimum atomic E-state index is -0.356. The average Bonchev–Trinajstić information content (AvgIpc) is 2.37. The first-order valence-electron chi connectivity index (χ1n) is 5.90. The second-order valence-electron chi connectivity index (χ2n) is 4.37. The summed E-state index contributed by atoms with van der Waals surface area (Å²) >= 11 is 5.28. The van der Waals surface area contributed by atoms with E-state index in [2.05, 4.69) is 21.2 Å². The monoisotopic (exact) mass is 330 g/mol. The van der Waals surface area contributed by atoms with E-state index in [1.165, 1.54) is 24.7 Å². The Labute approximate surface area is 119 Å². The Hall–Kier alpha value is -0.590. The van der Waals surface area contributed by atoms with Crippen molar-refractivity contribution in [2.45, 2.75) is 25.4 Å². The van der Waals surface area contributed by atoms with Crippen molar-refractivity contribution in [3.63, 3.8) is 0 Å². The van der Waals surface area contributed by atoms with Crippen LogP contribution < -0.4 is 5.32 Å². The van der Waals surface area contributed by atoms with Crippen molar-refractivity contribution >= 4 is 33.4 Å². The normalized spacial score (nSPS) is 19.7. The number of non-ortho nitro benzene ring substituents is 1. The topological polar surface area (TPSA) is 55.2 Å². The molecule has 0 radical (unpaired) electrons. The van der Waals surface area contributed by atoms with E-state index in [1.54, 1.807) is 6.07 Å². The lowest BCUT2D eigenvalue weighted by Crippen LogP contribution is -2.33. The molecule has 18 heavy (non-hydrogen) atoms. The van der Waals surface area contributed by atoms with Crippen LogP contribution >= 0.6 is 27.7 Å². The number of rotatable bonds is 4. The highest BCUT2D eigenvalue weighted by molar-refractivity contribution is 9.10. The van der Waals surface area contributed by atoms with Gasteiger partial charge in [-0.1, -0.05) is 15.9 Å². The Bertz CT molecular complexity index is 436. The van der Waals surface area contributed by atoms with E-state index in [9.17, 15) is 10.1 Å². The van der Waals surface area contributed by atoms with Gasteiger partial charge in [-0.05, 0) is 30.2 Å². The van der Waals surface area contributed by atoms with E-state index < -0.39 is 0 Å². The van der Waals surface area contributed by atoms with Crippen LogP contribution in [0.15, 0.2) is 22.7 Å². The molecule has 0 aliphatic carbocycles. The average molecular weight is 331 g/mol. The van der Waals surface area contributed by atoms with Crippen molar-refractivity contribution in [1.82, 2.24) is 5.32 Å². The molecule has 2 rings (SSSR count). The predicted octanol–water partition coefficient (Wildman–Crippen LogP) is 3.34. The lowest BCUT2D eigenvalue weighted by atomic mass is 10.1. The summed E-state index contributed by atoms with van der Waals surface area (Å²) in [5, 5.41) is 14.2. The minimum absolute atomic E-state index is 0.138. The van der Waals surface area contributed by atoms with E-state index in [0.29, 0.717) is 12.6 Å². The summed E-state index contributed by atoms with van der Waals surface area (Å²) in [6.07, 6.45) is 2.45. The van der Waals surface area contributed by atoms with E-state index in [-0.39, 0.29) is 10.6 Å². The molecule has 0 saturated carbocycles. The van der Waals surface area contributed by atoms with Gasteiger partial charge in [0.25, 0.3) is 5.69 Å². The zero-order valence-electron chi connectivity index (χ0n) is 9.89. The summed E-state index contributed by atoms with van der Waals surface area (Å²) in [7, 11) is 0. The van der Waals surface area contributed by atoms with Gasteiger partial charge < -0.3 is 5.32 Å². The van der Waals surface area contributed by atoms with Gasteiger partial charge in [-0.2, -0.15) is 11.8 Å². The van der Waals surface area contributed by atoms with E-state index in [0.717, 1.165) is 15.8 Å². The quantitative estimate of drug-likeness (QED) is 0.679. The molecular weight excluding hydrogens is 316 g/mol. The molecule has 6 heteroatoms. The summed E-state index contributed by atoms with van der Waals surface area (Å²) in [5.74, 6) is 2.39. The summed E-state index contributed by atoms with van der Waals surface area (Å²) in [5.41, 5.74) is 1.09. The number of nitrogens with one attached hydrogen (secondary N) is 1. The zero-order chi connectivity index (χ0) is 13.0. The minimum Gasteiger partial charge on any atom is -0.309 e. The maximum atomic E-state index is 10.8. The zero-order valence-corrected chi connectivity index (χ0v) is 12.3. The summed E-state index contributed by atoms with van der Waals surface area (Å²) in [6.45, 7) is 0.686. The van der Waals surface area contributed by atoms with Crippen molar-refractivity contribution in [2.75, 3.05) is 11.5 Å². The number of nitro benzene ring substituents is 1. The molecule has 98 valence electrons. The van der Waals surface area contributed by atoms with Crippen LogP contribution in [0.3, 0.4) is 0 Å². The Kier molecular flexibility index (Phi) is 5.03. The van der Waals surface area contributed by atoms with E-state index in [1.807, 2.05) is 17.8 Å². The van der Waals surface area contributed by atoms with Crippen LogP contribution in [0, 0.1) is 10.1 Å². The molecule has 1 heterocycles. The molecule has 1 saturated heterocycles. The van der Waals surface area contributed by atoms with Crippen LogP contribution in [0.1, 0.15) is 18.4 Å². The third kappa shape index (κ3) is 3.96. The number of thioether (sulfide) groups is 1. The fourth-order valence-electron chi connectivity index (χ4n) is 2.00. The molecule has 0 aromatic heterocycles. The fraction of sp³-hybridized carbons (Fsp3) is 0.500. The van der Waals surface area contributed by atoms with Crippen LogP contribution in [0.5, 0.6) is 0 Å². The Balaban J connectivity index is 1.97. The van der Waals surface area contributed by atoms with Crippen LogP contribution in [0.4, 0.5) is 5.69 Å². The first-order valence-corrected chi connectivity index (χ1v) is 7.85. The highest BCUT2D eigenvalue weighted by Gasteiger charge is 2.14. The second-order valence-corrected chi connectivity index (χ2v) is 6.44. The Morgan fingerprint density at radius 2 is 2.33 bits per heavy atom. The summed E-state index contributed by atoms with van der Waals surface area (Å²) in [6, 6.07) is 5.62. The molecule has 1 unspecified atom stereocenters. The maximum Gasteiger partial charge on any atom is 0.270 e. The highest BCUT2D eigenvalue weighted by Crippen LogP contribution is 2.22. The first-order chi connectivity index (χ1) is 8.65. The Morgan fingerprint density at radius 3 is 3.00 bits per heavy atom. The number of nitro groups is 1. The van der Waals surface area contributed by atoms with Crippen molar-refractivity contribution in [1.29, 1.82) is 0 Å². The number of hydrogen-bond donors (Lipinski definition) is 1. The van der Waals surface area contributed by atoms with Crippen LogP contribution in [0.25, 0.3) is 0 Å². The van der Waals surface area contributed by atoms with Gasteiger partial charge in [-0.15, -0.1) is 0 Å². The lowest BCUT2D eigenvalue weighted by molar-refractivity contribution is -0.385. The molecule has 0 amide bonds. The second kappa shape index (κ2) is 6.54. The highest BCUT2D eigenvalue weighted by atomic mass is 79.9. The van der Waals surface area contributed by atoms with E-state index >= 15 is 0 Å². The van der Waals surface area contributed by atoms with Crippen LogP contribution in [0.2, 0.25) is 0 Å². The fourth-order valence-corrected chi connectivity index (χ4v) is 3.64. The van der Waals surface area contributed by atoms with Crippen molar-refractivity contribution in [2.24, 2.45) is 0 Å². The number of benzene rings is 1. The van der Waals surface area contributed by atoms with Gasteiger partial charge in [-0.25, -0.2) is 0 Å². The molecule has 1 aliphatic heterocycles. The molecule has 1 aliphatic rings. The number of hydrogen-bond acceptors (Lipinski definition) is 4. The van der Waals surface area contributed by atoms with Crippen molar-refractivity contribution in [3.05, 3.63) is 38.3 Å². The largest absolute Gasteiger partial charge is 0.309 e. The number of halogens is 1. The predicted molar refractivity (Wildman–Crippen MR) is 78.0 cm³/mol. The SMILES string of the molecule is O=[N+]([O-])c1cc(Br)cc(CNC2CCCSC2)c1. The maximum absolute atomic E-state index is 10.8. The first kappa shape index (κ1) is 13.8. The Morgan fingerprint density at radius 1 is 1.50 bits per heavy atom. The van der Waals surface area contributed by atoms with Gasteiger partial charge in [0.15, 0.2) is 0 Å². The molecule has 1 aromatic carbocycles. The van der Waals surface area contributed by atoms with Gasteiger partial charge in [0.05, 0.1) is 4.92 Å². The molecule has 4 nitrogen and oxygen atoms in total. The van der Waals surface area contributed by atoms with Crippen molar-refractivity contribution < 1.29 is 4.92 Å². The van der Waals surface area contributed by atoms with Crippen LogP contribution in [-0.4, -0.2) is 22.5 Å². The molecule has 1 N–H and O–H groups in total. The van der Waals surface area contributed by atoms with Gasteiger partial charge in [0.1, 0.15) is 0 Å². The molecule has 1 atom stereocenters. The molecule has 1 fully saturated rings. The smallest absolute Gasteiger partial charge is 0.270 e. The number of nitrogens with zero attached hydrogens (tertiary/aromatic N) is 1. The molecule has 0 spiro atoms. The molecular formula is C12H15BrN2O2S. The van der Waals surface area contributed by atoms with E-state index in [4.69, 9.17) is 0 Å². The van der Waals surface area contributed by atoms with Crippen LogP contribution in [-0.2, 0) is 6.54 Å². The van der Waals surface area contributed by atoms with Gasteiger partial charge in [0, 0.05) is 34.9 Å². The van der Waals surface area contributed by atoms with Gasteiger partial charge in [0.2, 0.25) is 0 Å². The summed E-state index contributed by atoms with van der Waals surface area (Å²) < 4.78 is 0.756. The van der Waals surface area contributed by atoms with Crippen molar-refractivity contribution in [3.8, 4) is 0 Å². The third-order valence-electron chi connectivity index (χ3n) is 2.91. The lowest BCUT2D eigenvalue weighted by Gasteiger charge is -2.22. The third-order valence-corrected chi connectivity index (χ3v) is 4.58. The molecule has 0 bridgehead atoms. The van der Waals surface area contributed by atoms with Gasteiger partial charge in [-0.3, -0.25) is 10.1 Å². The van der Waals surface area contributed by atoms with Gasteiger partial charge >= 0.3 is 0 Å².